The first-order valence-corrected chi connectivity index (χ1v) is 6.41. The van der Waals surface area contributed by atoms with Gasteiger partial charge < -0.3 is 15.4 Å². The lowest BCUT2D eigenvalue weighted by molar-refractivity contribution is 0.0912. The molecule has 17 heavy (non-hydrogen) atoms. The van der Waals surface area contributed by atoms with Crippen LogP contribution in [0.5, 0.6) is 0 Å². The number of benzene rings is 1. The van der Waals surface area contributed by atoms with Crippen LogP contribution in [0.4, 0.5) is 10.5 Å². The highest BCUT2D eigenvalue weighted by atomic mass is 79.9. The number of nitrogens with zero attached hydrogens (tertiary/aromatic N) is 1. The number of nitrogens with two attached hydrogens (primary N) is 1. The van der Waals surface area contributed by atoms with E-state index in [2.05, 4.69) is 33.0 Å². The molecule has 4 nitrogen and oxygen atoms in total. The van der Waals surface area contributed by atoms with Gasteiger partial charge in [-0.25, -0.2) is 4.79 Å². The maximum absolute atomic E-state index is 10.6. The number of hydrogen-bond donors (Lipinski definition) is 1. The molecule has 92 valence electrons. The van der Waals surface area contributed by atoms with Gasteiger partial charge in [0.15, 0.2) is 0 Å². The molecule has 0 unspecified atom stereocenters. The van der Waals surface area contributed by atoms with Gasteiger partial charge in [-0.1, -0.05) is 15.9 Å². The summed E-state index contributed by atoms with van der Waals surface area (Å²) >= 11 is 3.42. The zero-order valence-corrected chi connectivity index (χ0v) is 11.0. The van der Waals surface area contributed by atoms with Gasteiger partial charge in [0.05, 0.1) is 0 Å². The first-order chi connectivity index (χ1) is 8.15. The fraction of sp³-hybridized carbons (Fsp3) is 0.417. The lowest BCUT2D eigenvalue weighted by atomic mass is 10.1. The summed E-state index contributed by atoms with van der Waals surface area (Å²) < 4.78 is 6.08. The standard InChI is InChI=1S/C12H15BrN2O2/c13-9-1-3-10(4-2-9)15-7-5-11(6-8-15)17-12(14)16/h1-4,11H,5-8H2,(H2,14,16). The van der Waals surface area contributed by atoms with Crippen LogP contribution in [0.25, 0.3) is 0 Å². The van der Waals surface area contributed by atoms with Crippen LogP contribution in [-0.4, -0.2) is 25.3 Å². The quantitative estimate of drug-likeness (QED) is 0.913. The summed E-state index contributed by atoms with van der Waals surface area (Å²) in [6, 6.07) is 8.22. The van der Waals surface area contributed by atoms with E-state index < -0.39 is 6.09 Å². The number of anilines is 1. The Balaban J connectivity index is 1.90. The summed E-state index contributed by atoms with van der Waals surface area (Å²) in [6.45, 7) is 1.78. The third-order valence-corrected chi connectivity index (χ3v) is 3.45. The van der Waals surface area contributed by atoms with E-state index in [1.807, 2.05) is 12.1 Å². The predicted octanol–water partition coefficient (Wildman–Crippen LogP) is 2.51. The van der Waals surface area contributed by atoms with Gasteiger partial charge in [-0.2, -0.15) is 0 Å². The molecule has 5 heteroatoms. The maximum Gasteiger partial charge on any atom is 0.404 e. The maximum atomic E-state index is 10.6. The van der Waals surface area contributed by atoms with Gasteiger partial charge in [-0.05, 0) is 24.3 Å². The largest absolute Gasteiger partial charge is 0.446 e. The molecule has 0 bridgehead atoms. The van der Waals surface area contributed by atoms with Gasteiger partial charge in [0, 0.05) is 36.1 Å². The van der Waals surface area contributed by atoms with Crippen molar-refractivity contribution in [3.63, 3.8) is 0 Å². The molecule has 2 rings (SSSR count). The molecule has 1 aromatic rings. The molecule has 1 fully saturated rings. The van der Waals surface area contributed by atoms with Crippen molar-refractivity contribution in [3.05, 3.63) is 28.7 Å². The lowest BCUT2D eigenvalue weighted by Gasteiger charge is -2.32. The van der Waals surface area contributed by atoms with Gasteiger partial charge in [0.2, 0.25) is 0 Å². The zero-order chi connectivity index (χ0) is 12.3. The van der Waals surface area contributed by atoms with Crippen molar-refractivity contribution in [1.29, 1.82) is 0 Å². The number of rotatable bonds is 2. The highest BCUT2D eigenvalue weighted by Crippen LogP contribution is 2.23. The van der Waals surface area contributed by atoms with Gasteiger partial charge >= 0.3 is 6.09 Å². The Bertz CT molecular complexity index is 386. The smallest absolute Gasteiger partial charge is 0.404 e. The molecular weight excluding hydrogens is 284 g/mol. The molecule has 0 aliphatic carbocycles. The Morgan fingerprint density at radius 2 is 1.88 bits per heavy atom. The number of primary amides is 1. The molecule has 1 aliphatic rings. The van der Waals surface area contributed by atoms with Crippen LogP contribution in [0.2, 0.25) is 0 Å². The molecule has 1 heterocycles. The minimum atomic E-state index is -0.674. The van der Waals surface area contributed by atoms with E-state index in [4.69, 9.17) is 10.5 Å². The number of hydrogen-bond acceptors (Lipinski definition) is 3. The Hall–Kier alpha value is -1.23. The first kappa shape index (κ1) is 12.2. The Kier molecular flexibility index (Phi) is 3.89. The number of piperidine rings is 1. The van der Waals surface area contributed by atoms with Crippen LogP contribution in [0.15, 0.2) is 28.7 Å². The fourth-order valence-electron chi connectivity index (χ4n) is 2.05. The van der Waals surface area contributed by atoms with Crippen molar-refractivity contribution in [2.75, 3.05) is 18.0 Å². The summed E-state index contributed by atoms with van der Waals surface area (Å²) in [7, 11) is 0. The normalized spacial score (nSPS) is 16.9. The van der Waals surface area contributed by atoms with E-state index >= 15 is 0 Å². The second-order valence-corrected chi connectivity index (χ2v) is 5.02. The number of amides is 1. The molecule has 1 saturated heterocycles. The highest BCUT2D eigenvalue weighted by Gasteiger charge is 2.21. The SMILES string of the molecule is NC(=O)OC1CCN(c2ccc(Br)cc2)CC1. The molecule has 1 amide bonds. The van der Waals surface area contributed by atoms with Gasteiger partial charge in [0.25, 0.3) is 0 Å². The van der Waals surface area contributed by atoms with E-state index in [1.54, 1.807) is 0 Å². The van der Waals surface area contributed by atoms with E-state index in [0.29, 0.717) is 0 Å². The summed E-state index contributed by atoms with van der Waals surface area (Å²) in [5.41, 5.74) is 6.21. The highest BCUT2D eigenvalue weighted by molar-refractivity contribution is 9.10. The van der Waals surface area contributed by atoms with Crippen LogP contribution < -0.4 is 10.6 Å². The first-order valence-electron chi connectivity index (χ1n) is 5.62. The summed E-state index contributed by atoms with van der Waals surface area (Å²) in [5.74, 6) is 0. The second-order valence-electron chi connectivity index (χ2n) is 4.10. The van der Waals surface area contributed by atoms with Crippen molar-refractivity contribution in [2.24, 2.45) is 5.73 Å². The molecule has 0 aromatic heterocycles. The third kappa shape index (κ3) is 3.36. The summed E-state index contributed by atoms with van der Waals surface area (Å²) in [5, 5.41) is 0. The minimum absolute atomic E-state index is 0.0285. The molecule has 2 N–H and O–H groups in total. The van der Waals surface area contributed by atoms with Crippen LogP contribution in [0.3, 0.4) is 0 Å². The van der Waals surface area contributed by atoms with Crippen molar-refractivity contribution >= 4 is 27.7 Å². The molecule has 1 aromatic carbocycles. The number of carbonyl (C=O) groups excluding carboxylic acids is 1. The Morgan fingerprint density at radius 1 is 1.29 bits per heavy atom. The van der Waals surface area contributed by atoms with E-state index in [1.165, 1.54) is 5.69 Å². The van der Waals surface area contributed by atoms with Crippen LogP contribution in [0, 0.1) is 0 Å². The fourth-order valence-corrected chi connectivity index (χ4v) is 2.31. The van der Waals surface area contributed by atoms with Crippen LogP contribution in [-0.2, 0) is 4.74 Å². The lowest BCUT2D eigenvalue weighted by Crippen LogP contribution is -2.38. The van der Waals surface area contributed by atoms with E-state index in [-0.39, 0.29) is 6.10 Å². The number of ether oxygens (including phenoxy) is 1. The van der Waals surface area contributed by atoms with Crippen LogP contribution in [0.1, 0.15) is 12.8 Å². The molecular formula is C12H15BrN2O2. The van der Waals surface area contributed by atoms with Crippen LogP contribution >= 0.6 is 15.9 Å². The number of carbonyl (C=O) groups is 1. The molecule has 0 atom stereocenters. The average Bonchev–Trinajstić information content (AvgIpc) is 2.30. The minimum Gasteiger partial charge on any atom is -0.446 e. The van der Waals surface area contributed by atoms with E-state index in [0.717, 1.165) is 30.4 Å². The predicted molar refractivity (Wildman–Crippen MR) is 70.0 cm³/mol. The van der Waals surface area contributed by atoms with Gasteiger partial charge in [0.1, 0.15) is 6.10 Å². The topological polar surface area (TPSA) is 55.6 Å². The zero-order valence-electron chi connectivity index (χ0n) is 9.43. The number of halogens is 1. The second kappa shape index (κ2) is 5.40. The third-order valence-electron chi connectivity index (χ3n) is 2.92. The molecule has 0 radical (unpaired) electrons. The molecule has 0 saturated carbocycles. The monoisotopic (exact) mass is 298 g/mol. The average molecular weight is 299 g/mol. The molecule has 0 spiro atoms. The van der Waals surface area contributed by atoms with Crippen molar-refractivity contribution in [1.82, 2.24) is 0 Å². The van der Waals surface area contributed by atoms with Gasteiger partial charge in [-0.3, -0.25) is 0 Å². The van der Waals surface area contributed by atoms with E-state index in [9.17, 15) is 4.79 Å². The summed E-state index contributed by atoms with van der Waals surface area (Å²) in [6.07, 6.45) is 0.962. The Labute approximate surface area is 109 Å². The van der Waals surface area contributed by atoms with Crippen molar-refractivity contribution in [3.8, 4) is 0 Å². The summed E-state index contributed by atoms with van der Waals surface area (Å²) in [4.78, 5) is 12.9. The Morgan fingerprint density at radius 3 is 2.41 bits per heavy atom. The molecule has 1 aliphatic heterocycles. The van der Waals surface area contributed by atoms with Crippen molar-refractivity contribution in [2.45, 2.75) is 18.9 Å². The van der Waals surface area contributed by atoms with Crippen molar-refractivity contribution < 1.29 is 9.53 Å². The van der Waals surface area contributed by atoms with Gasteiger partial charge in [-0.15, -0.1) is 0 Å².